The number of nitrogens with one attached hydrogen (secondary N) is 2. The third-order valence-corrected chi connectivity index (χ3v) is 3.16. The molecule has 0 unspecified atom stereocenters. The number of H-pyrrole nitrogens is 1. The Hall–Kier alpha value is -1.62. The van der Waals surface area contributed by atoms with Crippen molar-refractivity contribution in [3.05, 3.63) is 52.3 Å². The molecule has 0 radical (unpaired) electrons. The van der Waals surface area contributed by atoms with Gasteiger partial charge in [0.1, 0.15) is 5.69 Å². The number of carbonyl (C=O) groups excluding carboxylic acids is 1. The number of carbonyl (C=O) groups is 1. The van der Waals surface area contributed by atoms with E-state index >= 15 is 0 Å². The Morgan fingerprint density at radius 3 is 2.88 bits per heavy atom. The molecule has 4 nitrogen and oxygen atoms in total. The maximum atomic E-state index is 11.6. The fourth-order valence-corrected chi connectivity index (χ4v) is 1.97. The lowest BCUT2D eigenvalue weighted by Crippen LogP contribution is -2.26. The molecule has 0 fully saturated rings. The molecule has 5 heteroatoms. The Labute approximate surface area is 108 Å². The zero-order chi connectivity index (χ0) is 12.1. The van der Waals surface area contributed by atoms with E-state index in [9.17, 15) is 4.79 Å². The molecule has 0 saturated carbocycles. The normalized spacial score (nSPS) is 10.2. The number of nitrogens with zero attached hydrogens (tertiary/aromatic N) is 1. The molecule has 88 valence electrons. The fraction of sp³-hybridized carbons (Fsp3) is 0.167. The van der Waals surface area contributed by atoms with Crippen LogP contribution in [0.25, 0.3) is 0 Å². The Morgan fingerprint density at radius 2 is 2.18 bits per heavy atom. The molecule has 0 saturated heterocycles. The Bertz CT molecular complexity index is 496. The van der Waals surface area contributed by atoms with E-state index in [1.54, 1.807) is 12.3 Å². The summed E-state index contributed by atoms with van der Waals surface area (Å²) in [6.45, 7) is 0.598. The van der Waals surface area contributed by atoms with E-state index < -0.39 is 0 Å². The Morgan fingerprint density at radius 1 is 1.35 bits per heavy atom. The van der Waals surface area contributed by atoms with Crippen LogP contribution in [0.4, 0.5) is 0 Å². The molecule has 0 atom stereocenters. The predicted molar refractivity (Wildman–Crippen MR) is 68.8 cm³/mol. The highest BCUT2D eigenvalue weighted by atomic mass is 79.9. The van der Waals surface area contributed by atoms with Gasteiger partial charge in [-0.3, -0.25) is 9.89 Å². The summed E-state index contributed by atoms with van der Waals surface area (Å²) in [6, 6.07) is 9.62. The molecule has 0 aliphatic carbocycles. The fourth-order valence-electron chi connectivity index (χ4n) is 1.49. The average Bonchev–Trinajstić information content (AvgIpc) is 2.85. The zero-order valence-corrected chi connectivity index (χ0v) is 10.7. The second kappa shape index (κ2) is 5.63. The standard InChI is InChI=1S/C12H12BrN3O/c13-10-4-2-1-3-9(10)5-7-14-12(17)11-6-8-15-16-11/h1-4,6,8H,5,7H2,(H,14,17)(H,15,16). The molecule has 0 aliphatic heterocycles. The number of aromatic amines is 1. The third-order valence-electron chi connectivity index (χ3n) is 2.38. The number of amides is 1. The SMILES string of the molecule is O=C(NCCc1ccccc1Br)c1ccn[nH]1. The molecule has 17 heavy (non-hydrogen) atoms. The second-order valence-electron chi connectivity index (χ2n) is 3.57. The van der Waals surface area contributed by atoms with Gasteiger partial charge in [0.15, 0.2) is 0 Å². The summed E-state index contributed by atoms with van der Waals surface area (Å²) in [5, 5.41) is 9.19. The van der Waals surface area contributed by atoms with Crippen molar-refractivity contribution in [3.63, 3.8) is 0 Å². The van der Waals surface area contributed by atoms with Crippen LogP contribution in [-0.2, 0) is 6.42 Å². The quantitative estimate of drug-likeness (QED) is 0.907. The van der Waals surface area contributed by atoms with E-state index in [0.29, 0.717) is 12.2 Å². The minimum atomic E-state index is -0.130. The minimum Gasteiger partial charge on any atom is -0.350 e. The number of halogens is 1. The molecule has 0 aliphatic rings. The van der Waals surface area contributed by atoms with Crippen molar-refractivity contribution in [1.82, 2.24) is 15.5 Å². The molecular weight excluding hydrogens is 282 g/mol. The van der Waals surface area contributed by atoms with E-state index in [1.807, 2.05) is 24.3 Å². The lowest BCUT2D eigenvalue weighted by Gasteiger charge is -2.05. The van der Waals surface area contributed by atoms with Gasteiger partial charge in [0, 0.05) is 17.2 Å². The van der Waals surface area contributed by atoms with E-state index in [-0.39, 0.29) is 5.91 Å². The van der Waals surface area contributed by atoms with Crippen molar-refractivity contribution in [3.8, 4) is 0 Å². The first-order chi connectivity index (χ1) is 8.27. The molecule has 1 heterocycles. The Kier molecular flexibility index (Phi) is 3.93. The van der Waals surface area contributed by atoms with Gasteiger partial charge in [0.25, 0.3) is 5.91 Å². The molecule has 0 bridgehead atoms. The average molecular weight is 294 g/mol. The molecule has 1 aromatic carbocycles. The van der Waals surface area contributed by atoms with E-state index in [4.69, 9.17) is 0 Å². The zero-order valence-electron chi connectivity index (χ0n) is 9.11. The van der Waals surface area contributed by atoms with Crippen LogP contribution in [0, 0.1) is 0 Å². The van der Waals surface area contributed by atoms with Crippen molar-refractivity contribution in [2.24, 2.45) is 0 Å². The van der Waals surface area contributed by atoms with Gasteiger partial charge >= 0.3 is 0 Å². The first-order valence-corrected chi connectivity index (χ1v) is 6.07. The summed E-state index contributed by atoms with van der Waals surface area (Å²) >= 11 is 3.47. The highest BCUT2D eigenvalue weighted by Crippen LogP contribution is 2.15. The van der Waals surface area contributed by atoms with Crippen LogP contribution in [0.5, 0.6) is 0 Å². The summed E-state index contributed by atoms with van der Waals surface area (Å²) in [5.41, 5.74) is 1.66. The topological polar surface area (TPSA) is 57.8 Å². The molecule has 2 rings (SSSR count). The minimum absolute atomic E-state index is 0.130. The second-order valence-corrected chi connectivity index (χ2v) is 4.42. The van der Waals surface area contributed by atoms with E-state index in [1.165, 1.54) is 5.56 Å². The van der Waals surface area contributed by atoms with E-state index in [0.717, 1.165) is 10.9 Å². The molecular formula is C12H12BrN3O. The van der Waals surface area contributed by atoms with Crippen LogP contribution in [0.15, 0.2) is 41.0 Å². The smallest absolute Gasteiger partial charge is 0.269 e. The van der Waals surface area contributed by atoms with Crippen LogP contribution < -0.4 is 5.32 Å². The van der Waals surface area contributed by atoms with Gasteiger partial charge in [-0.1, -0.05) is 34.1 Å². The van der Waals surface area contributed by atoms with Crippen LogP contribution in [0.3, 0.4) is 0 Å². The third kappa shape index (κ3) is 3.17. The first-order valence-electron chi connectivity index (χ1n) is 5.28. The summed E-state index contributed by atoms with van der Waals surface area (Å²) in [6.07, 6.45) is 2.35. The van der Waals surface area contributed by atoms with Crippen LogP contribution in [-0.4, -0.2) is 22.6 Å². The maximum Gasteiger partial charge on any atom is 0.269 e. The maximum absolute atomic E-state index is 11.6. The van der Waals surface area contributed by atoms with Crippen molar-refractivity contribution in [2.75, 3.05) is 6.54 Å². The van der Waals surface area contributed by atoms with Crippen molar-refractivity contribution in [2.45, 2.75) is 6.42 Å². The molecule has 2 aromatic rings. The number of benzene rings is 1. The molecule has 0 spiro atoms. The Balaban J connectivity index is 1.84. The van der Waals surface area contributed by atoms with Crippen molar-refractivity contribution in [1.29, 1.82) is 0 Å². The summed E-state index contributed by atoms with van der Waals surface area (Å²) < 4.78 is 1.07. The monoisotopic (exact) mass is 293 g/mol. The van der Waals surface area contributed by atoms with Crippen LogP contribution in [0.1, 0.15) is 16.1 Å². The summed E-state index contributed by atoms with van der Waals surface area (Å²) in [7, 11) is 0. The van der Waals surface area contributed by atoms with Crippen molar-refractivity contribution < 1.29 is 4.79 Å². The van der Waals surface area contributed by atoms with Gasteiger partial charge in [-0.15, -0.1) is 0 Å². The van der Waals surface area contributed by atoms with E-state index in [2.05, 4.69) is 31.4 Å². The lowest BCUT2D eigenvalue weighted by molar-refractivity contribution is 0.0949. The summed E-state index contributed by atoms with van der Waals surface area (Å²) in [5.74, 6) is -0.130. The van der Waals surface area contributed by atoms with Crippen LogP contribution >= 0.6 is 15.9 Å². The molecule has 1 amide bonds. The number of hydrogen-bond donors (Lipinski definition) is 2. The van der Waals surface area contributed by atoms with Crippen LogP contribution in [0.2, 0.25) is 0 Å². The first kappa shape index (κ1) is 11.9. The van der Waals surface area contributed by atoms with Gasteiger partial charge in [0.05, 0.1) is 0 Å². The molecule has 2 N–H and O–H groups in total. The van der Waals surface area contributed by atoms with Gasteiger partial charge in [-0.05, 0) is 24.1 Å². The highest BCUT2D eigenvalue weighted by molar-refractivity contribution is 9.10. The lowest BCUT2D eigenvalue weighted by atomic mass is 10.1. The predicted octanol–water partition coefficient (Wildman–Crippen LogP) is 2.14. The summed E-state index contributed by atoms with van der Waals surface area (Å²) in [4.78, 5) is 11.6. The van der Waals surface area contributed by atoms with Gasteiger partial charge < -0.3 is 5.32 Å². The number of aromatic nitrogens is 2. The van der Waals surface area contributed by atoms with Gasteiger partial charge in [-0.25, -0.2) is 0 Å². The highest BCUT2D eigenvalue weighted by Gasteiger charge is 2.05. The number of rotatable bonds is 4. The van der Waals surface area contributed by atoms with Gasteiger partial charge in [0.2, 0.25) is 0 Å². The van der Waals surface area contributed by atoms with Crippen molar-refractivity contribution >= 4 is 21.8 Å². The number of hydrogen-bond acceptors (Lipinski definition) is 2. The molecule has 1 aromatic heterocycles. The largest absolute Gasteiger partial charge is 0.350 e. The van der Waals surface area contributed by atoms with Gasteiger partial charge in [-0.2, -0.15) is 5.10 Å².